The van der Waals surface area contributed by atoms with Crippen molar-refractivity contribution in [3.8, 4) is 0 Å². The molecule has 0 heterocycles. The summed E-state index contributed by atoms with van der Waals surface area (Å²) in [6, 6.07) is 0. The first kappa shape index (κ1) is 11.0. The van der Waals surface area contributed by atoms with Gasteiger partial charge in [-0.3, -0.25) is 0 Å². The second-order valence-electron chi connectivity index (χ2n) is 4.83. The first-order chi connectivity index (χ1) is 5.79. The minimum Gasteiger partial charge on any atom is -0.195 e. The van der Waals surface area contributed by atoms with Crippen molar-refractivity contribution in [3.63, 3.8) is 0 Å². The van der Waals surface area contributed by atoms with Gasteiger partial charge in [0.05, 0.1) is 5.75 Å². The minimum atomic E-state index is -4.27. The van der Waals surface area contributed by atoms with Crippen molar-refractivity contribution in [1.82, 2.24) is 0 Å². The van der Waals surface area contributed by atoms with Gasteiger partial charge in [-0.15, -0.1) is 3.89 Å². The highest BCUT2D eigenvalue weighted by Crippen LogP contribution is 2.38. The molecule has 78 valence electrons. The van der Waals surface area contributed by atoms with E-state index in [0.29, 0.717) is 0 Å². The average molecular weight is 208 g/mol. The average Bonchev–Trinajstić information content (AvgIpc) is 1.79. The van der Waals surface area contributed by atoms with Gasteiger partial charge in [-0.1, -0.05) is 20.3 Å². The predicted octanol–water partition coefficient (Wildman–Crippen LogP) is 2.50. The van der Waals surface area contributed by atoms with Crippen LogP contribution in [0.15, 0.2) is 0 Å². The molecule has 0 bridgehead atoms. The van der Waals surface area contributed by atoms with Gasteiger partial charge in [0.15, 0.2) is 0 Å². The first-order valence-electron chi connectivity index (χ1n) is 4.71. The molecule has 1 saturated carbocycles. The van der Waals surface area contributed by atoms with Crippen molar-refractivity contribution in [2.24, 2.45) is 11.3 Å². The van der Waals surface area contributed by atoms with Crippen LogP contribution in [0.25, 0.3) is 0 Å². The van der Waals surface area contributed by atoms with Gasteiger partial charge in [0.1, 0.15) is 0 Å². The Kier molecular flexibility index (Phi) is 3.00. The lowest BCUT2D eigenvalue weighted by atomic mass is 9.73. The molecule has 0 aliphatic heterocycles. The maximum Gasteiger partial charge on any atom is 0.302 e. The van der Waals surface area contributed by atoms with Crippen molar-refractivity contribution >= 4 is 10.2 Å². The Morgan fingerprint density at radius 1 is 1.46 bits per heavy atom. The summed E-state index contributed by atoms with van der Waals surface area (Å²) in [5.41, 5.74) is 0.188. The zero-order valence-corrected chi connectivity index (χ0v) is 9.03. The van der Waals surface area contributed by atoms with E-state index in [1.807, 2.05) is 0 Å². The van der Waals surface area contributed by atoms with Crippen LogP contribution in [0.4, 0.5) is 3.89 Å². The summed E-state index contributed by atoms with van der Waals surface area (Å²) in [5, 5.41) is 0. The van der Waals surface area contributed by atoms with E-state index in [4.69, 9.17) is 0 Å². The van der Waals surface area contributed by atoms with E-state index in [0.717, 1.165) is 25.7 Å². The molecule has 0 radical (unpaired) electrons. The van der Waals surface area contributed by atoms with E-state index >= 15 is 0 Å². The fourth-order valence-electron chi connectivity index (χ4n) is 2.28. The monoisotopic (exact) mass is 208 g/mol. The van der Waals surface area contributed by atoms with E-state index in [2.05, 4.69) is 13.8 Å². The van der Waals surface area contributed by atoms with Gasteiger partial charge in [0, 0.05) is 0 Å². The fourth-order valence-corrected chi connectivity index (χ4v) is 3.13. The van der Waals surface area contributed by atoms with Gasteiger partial charge < -0.3 is 0 Å². The standard InChI is InChI=1S/C9H17FO2S/c1-9(2)5-3-4-8(6-9)7-13(10,11)12/h8H,3-7H2,1-2H3. The van der Waals surface area contributed by atoms with Crippen LogP contribution in [0.5, 0.6) is 0 Å². The van der Waals surface area contributed by atoms with Crippen LogP contribution in [0, 0.1) is 11.3 Å². The highest BCUT2D eigenvalue weighted by atomic mass is 32.3. The predicted molar refractivity (Wildman–Crippen MR) is 50.6 cm³/mol. The van der Waals surface area contributed by atoms with E-state index in [1.54, 1.807) is 0 Å². The smallest absolute Gasteiger partial charge is 0.195 e. The second kappa shape index (κ2) is 3.56. The van der Waals surface area contributed by atoms with Crippen LogP contribution in [0.3, 0.4) is 0 Å². The molecule has 4 heteroatoms. The third-order valence-corrected chi connectivity index (χ3v) is 3.61. The molecule has 0 spiro atoms. The van der Waals surface area contributed by atoms with Crippen LogP contribution < -0.4 is 0 Å². The van der Waals surface area contributed by atoms with Crippen LogP contribution in [0.2, 0.25) is 0 Å². The van der Waals surface area contributed by atoms with Gasteiger partial charge >= 0.3 is 10.2 Å². The van der Waals surface area contributed by atoms with Crippen molar-refractivity contribution in [1.29, 1.82) is 0 Å². The minimum absolute atomic E-state index is 0.0266. The van der Waals surface area contributed by atoms with E-state index in [9.17, 15) is 12.3 Å². The van der Waals surface area contributed by atoms with Crippen molar-refractivity contribution in [3.05, 3.63) is 0 Å². The summed E-state index contributed by atoms with van der Waals surface area (Å²) in [4.78, 5) is 0. The molecule has 0 saturated heterocycles. The molecule has 1 unspecified atom stereocenters. The van der Waals surface area contributed by atoms with Gasteiger partial charge in [-0.25, -0.2) is 0 Å². The molecule has 0 aromatic rings. The molecule has 13 heavy (non-hydrogen) atoms. The molecular formula is C9H17FO2S. The molecule has 0 aromatic carbocycles. The highest BCUT2D eigenvalue weighted by molar-refractivity contribution is 7.86. The van der Waals surface area contributed by atoms with Gasteiger partial charge in [0.25, 0.3) is 0 Å². The molecule has 1 aliphatic rings. The lowest BCUT2D eigenvalue weighted by molar-refractivity contribution is 0.192. The molecule has 1 atom stereocenters. The normalized spacial score (nSPS) is 28.7. The van der Waals surface area contributed by atoms with Gasteiger partial charge in [-0.2, -0.15) is 8.42 Å². The largest absolute Gasteiger partial charge is 0.302 e. The summed E-state index contributed by atoms with van der Waals surface area (Å²) in [7, 11) is -4.27. The highest BCUT2D eigenvalue weighted by Gasteiger charge is 2.30. The lowest BCUT2D eigenvalue weighted by Crippen LogP contribution is -2.26. The van der Waals surface area contributed by atoms with E-state index < -0.39 is 10.2 Å². The van der Waals surface area contributed by atoms with Crippen LogP contribution in [-0.4, -0.2) is 14.2 Å². The Morgan fingerprint density at radius 2 is 2.08 bits per heavy atom. The number of hydrogen-bond donors (Lipinski definition) is 0. The van der Waals surface area contributed by atoms with Crippen molar-refractivity contribution < 1.29 is 12.3 Å². The van der Waals surface area contributed by atoms with Crippen LogP contribution in [0.1, 0.15) is 39.5 Å². The Bertz CT molecular complexity index is 269. The summed E-state index contributed by atoms with van der Waals surface area (Å²) >= 11 is 0. The molecule has 2 nitrogen and oxygen atoms in total. The second-order valence-corrected chi connectivity index (χ2v) is 6.24. The molecule has 1 aliphatic carbocycles. The van der Waals surface area contributed by atoms with Crippen molar-refractivity contribution in [2.75, 3.05) is 5.75 Å². The van der Waals surface area contributed by atoms with Gasteiger partial charge in [-0.05, 0) is 30.6 Å². The molecule has 0 N–H and O–H groups in total. The third kappa shape index (κ3) is 4.07. The molecular weight excluding hydrogens is 191 g/mol. The summed E-state index contributed by atoms with van der Waals surface area (Å²) < 4.78 is 33.3. The van der Waals surface area contributed by atoms with Crippen LogP contribution >= 0.6 is 0 Å². The molecule has 0 aromatic heterocycles. The molecule has 1 rings (SSSR count). The number of halogens is 1. The zero-order valence-electron chi connectivity index (χ0n) is 8.22. The topological polar surface area (TPSA) is 34.1 Å². The quantitative estimate of drug-likeness (QED) is 0.653. The summed E-state index contributed by atoms with van der Waals surface area (Å²) in [6.45, 7) is 4.23. The zero-order chi connectivity index (χ0) is 10.1. The maximum absolute atomic E-state index is 12.4. The lowest BCUT2D eigenvalue weighted by Gasteiger charge is -2.34. The Labute approximate surface area is 79.7 Å². The van der Waals surface area contributed by atoms with Crippen molar-refractivity contribution in [2.45, 2.75) is 39.5 Å². The third-order valence-electron chi connectivity index (χ3n) is 2.74. The fraction of sp³-hybridized carbons (Fsp3) is 1.00. The Hall–Kier alpha value is -0.120. The van der Waals surface area contributed by atoms with Gasteiger partial charge in [0.2, 0.25) is 0 Å². The molecule has 0 amide bonds. The van der Waals surface area contributed by atoms with Crippen LogP contribution in [-0.2, 0) is 10.2 Å². The Morgan fingerprint density at radius 3 is 2.54 bits per heavy atom. The Balaban J connectivity index is 2.53. The van der Waals surface area contributed by atoms with E-state index in [-0.39, 0.29) is 17.1 Å². The van der Waals surface area contributed by atoms with E-state index in [1.165, 1.54) is 0 Å². The number of hydrogen-bond acceptors (Lipinski definition) is 2. The first-order valence-corrected chi connectivity index (χ1v) is 6.26. The SMILES string of the molecule is CC1(C)CCCC(CS(=O)(=O)F)C1. The maximum atomic E-state index is 12.4. The number of rotatable bonds is 2. The molecule has 1 fully saturated rings. The summed E-state index contributed by atoms with van der Waals surface area (Å²) in [5.74, 6) is -0.255. The summed E-state index contributed by atoms with van der Waals surface area (Å²) in [6.07, 6.45) is 3.83.